The minimum Gasteiger partial charge on any atom is -0.490 e. The minimum absolute atomic E-state index is 0.0233. The first-order chi connectivity index (χ1) is 17.8. The Morgan fingerprint density at radius 1 is 1.16 bits per heavy atom. The predicted octanol–water partition coefficient (Wildman–Crippen LogP) is 6.97. The fourth-order valence-corrected chi connectivity index (χ4v) is 3.92. The van der Waals surface area contributed by atoms with Crippen LogP contribution in [0.3, 0.4) is 0 Å². The maximum atomic E-state index is 13.7. The van der Waals surface area contributed by atoms with Gasteiger partial charge in [-0.1, -0.05) is 59.5 Å². The molecule has 0 aliphatic carbocycles. The molecule has 1 aromatic heterocycles. The van der Waals surface area contributed by atoms with Gasteiger partial charge in [0.25, 0.3) is 0 Å². The summed E-state index contributed by atoms with van der Waals surface area (Å²) in [7, 11) is 0. The number of ether oxygens (including phenoxy) is 2. The van der Waals surface area contributed by atoms with Crippen molar-refractivity contribution in [2.45, 2.75) is 13.0 Å². The highest BCUT2D eigenvalue weighted by Gasteiger charge is 2.17. The Morgan fingerprint density at radius 3 is 2.78 bits per heavy atom. The molecule has 4 aromatic rings. The number of nitrogens with zero attached hydrogens (tertiary/aromatic N) is 1. The van der Waals surface area contributed by atoms with E-state index in [1.54, 1.807) is 30.3 Å². The summed E-state index contributed by atoms with van der Waals surface area (Å²) in [5.41, 5.74) is 3.88. The third kappa shape index (κ3) is 6.53. The van der Waals surface area contributed by atoms with E-state index in [4.69, 9.17) is 27.5 Å². The molecule has 0 amide bonds. The van der Waals surface area contributed by atoms with Gasteiger partial charge in [0, 0.05) is 5.39 Å². The second-order valence-corrected chi connectivity index (χ2v) is 8.73. The minimum atomic E-state index is -1.07. The molecule has 1 unspecified atom stereocenters. The number of fused-ring (bicyclic) bond motifs is 1. The Labute approximate surface area is 219 Å². The number of rotatable bonds is 9. The average Bonchev–Trinajstić information content (AvgIpc) is 2.89. The van der Waals surface area contributed by atoms with Crippen molar-refractivity contribution in [3.63, 3.8) is 0 Å². The van der Waals surface area contributed by atoms with E-state index >= 15 is 0 Å². The molecule has 0 saturated carbocycles. The maximum Gasteiger partial charge on any atom is 0.339 e. The van der Waals surface area contributed by atoms with Crippen molar-refractivity contribution >= 4 is 40.6 Å². The molecule has 3 aromatic carbocycles. The second-order valence-electron chi connectivity index (χ2n) is 8.32. The van der Waals surface area contributed by atoms with E-state index in [2.05, 4.69) is 10.9 Å². The molecule has 0 radical (unpaired) electrons. The lowest BCUT2D eigenvalue weighted by molar-refractivity contribution is 0.0375. The first-order valence-electron chi connectivity index (χ1n) is 11.4. The summed E-state index contributed by atoms with van der Waals surface area (Å²) in [6.45, 7) is 1.95. The van der Waals surface area contributed by atoms with Gasteiger partial charge in [0.05, 0.1) is 16.2 Å². The zero-order chi connectivity index (χ0) is 26.4. The summed E-state index contributed by atoms with van der Waals surface area (Å²) in [5, 5.41) is 10.2. The molecule has 1 heterocycles. The SMILES string of the molecule is C#CCOC(COc1ccc(C)cc1C(=O)O)c1cccc(/C=C/c2ccc3cc(F)c(Cl)cc3n2)c1. The van der Waals surface area contributed by atoms with Crippen LogP contribution in [0.1, 0.15) is 38.8 Å². The van der Waals surface area contributed by atoms with Crippen LogP contribution in [0.2, 0.25) is 5.02 Å². The second kappa shape index (κ2) is 11.7. The smallest absolute Gasteiger partial charge is 0.339 e. The lowest BCUT2D eigenvalue weighted by atomic mass is 10.1. The van der Waals surface area contributed by atoms with Crippen LogP contribution in [0.5, 0.6) is 5.75 Å². The third-order valence-corrected chi connectivity index (χ3v) is 5.89. The molecule has 4 rings (SSSR count). The number of carboxylic acid groups (broad SMARTS) is 1. The van der Waals surface area contributed by atoms with Gasteiger partial charge in [-0.05, 0) is 60.5 Å². The average molecular weight is 516 g/mol. The van der Waals surface area contributed by atoms with E-state index in [1.807, 2.05) is 43.3 Å². The Kier molecular flexibility index (Phi) is 8.19. The van der Waals surface area contributed by atoms with Gasteiger partial charge < -0.3 is 14.6 Å². The number of benzene rings is 3. The van der Waals surface area contributed by atoms with Crippen LogP contribution in [0.25, 0.3) is 23.1 Å². The Hall–Kier alpha value is -4.18. The first kappa shape index (κ1) is 25.9. The predicted molar refractivity (Wildman–Crippen MR) is 143 cm³/mol. The molecular weight excluding hydrogens is 493 g/mol. The van der Waals surface area contributed by atoms with Crippen molar-refractivity contribution in [3.05, 3.63) is 106 Å². The van der Waals surface area contributed by atoms with Crippen molar-refractivity contribution in [3.8, 4) is 18.1 Å². The van der Waals surface area contributed by atoms with Crippen LogP contribution in [0.4, 0.5) is 4.39 Å². The van der Waals surface area contributed by atoms with Crippen LogP contribution < -0.4 is 4.74 Å². The molecule has 0 aliphatic rings. The standard InChI is InChI=1S/C30H23ClFNO4/c1-3-13-36-29(18-37-28-12-7-19(2)14-24(28)30(34)35)22-6-4-5-20(15-22)8-10-23-11-9-21-16-26(32)25(31)17-27(21)33-23/h1,4-12,14-17,29H,13,18H2,2H3,(H,34,35)/b10-8+. The van der Waals surface area contributed by atoms with Gasteiger partial charge in [-0.3, -0.25) is 0 Å². The molecule has 7 heteroatoms. The zero-order valence-corrected chi connectivity index (χ0v) is 20.7. The van der Waals surface area contributed by atoms with E-state index in [9.17, 15) is 14.3 Å². The topological polar surface area (TPSA) is 68.7 Å². The number of aryl methyl sites for hydroxylation is 1. The van der Waals surface area contributed by atoms with E-state index in [0.29, 0.717) is 16.6 Å². The van der Waals surface area contributed by atoms with Gasteiger partial charge in [0.1, 0.15) is 36.4 Å². The van der Waals surface area contributed by atoms with E-state index in [-0.39, 0.29) is 29.5 Å². The summed E-state index contributed by atoms with van der Waals surface area (Å²) in [4.78, 5) is 16.2. The summed E-state index contributed by atoms with van der Waals surface area (Å²) < 4.78 is 25.4. The molecule has 37 heavy (non-hydrogen) atoms. The lowest BCUT2D eigenvalue weighted by Gasteiger charge is -2.19. The molecule has 0 fully saturated rings. The fourth-order valence-electron chi connectivity index (χ4n) is 3.76. The molecule has 0 aliphatic heterocycles. The molecule has 5 nitrogen and oxygen atoms in total. The van der Waals surface area contributed by atoms with Crippen LogP contribution in [-0.2, 0) is 4.74 Å². The number of terminal acetylenes is 1. The quantitative estimate of drug-likeness (QED) is 0.244. The number of halogens is 2. The van der Waals surface area contributed by atoms with Gasteiger partial charge in [-0.2, -0.15) is 0 Å². The van der Waals surface area contributed by atoms with Gasteiger partial charge >= 0.3 is 5.97 Å². The molecular formula is C30H23ClFNO4. The van der Waals surface area contributed by atoms with Crippen molar-refractivity contribution in [2.75, 3.05) is 13.2 Å². The van der Waals surface area contributed by atoms with Gasteiger partial charge in [-0.15, -0.1) is 6.42 Å². The van der Waals surface area contributed by atoms with Crippen LogP contribution in [0, 0.1) is 25.1 Å². The van der Waals surface area contributed by atoms with Crippen molar-refractivity contribution in [1.29, 1.82) is 0 Å². The Morgan fingerprint density at radius 2 is 2.00 bits per heavy atom. The fraction of sp³-hybridized carbons (Fsp3) is 0.133. The number of aromatic nitrogens is 1. The molecule has 0 bridgehead atoms. The number of pyridine rings is 1. The van der Waals surface area contributed by atoms with Gasteiger partial charge in [0.2, 0.25) is 0 Å². The van der Waals surface area contributed by atoms with E-state index in [0.717, 1.165) is 16.7 Å². The van der Waals surface area contributed by atoms with Gasteiger partial charge in [-0.25, -0.2) is 14.2 Å². The molecule has 186 valence electrons. The van der Waals surface area contributed by atoms with E-state index in [1.165, 1.54) is 12.1 Å². The summed E-state index contributed by atoms with van der Waals surface area (Å²) in [5.74, 6) is 1.16. The number of carboxylic acids is 1. The lowest BCUT2D eigenvalue weighted by Crippen LogP contribution is -2.16. The first-order valence-corrected chi connectivity index (χ1v) is 11.8. The number of hydrogen-bond donors (Lipinski definition) is 1. The van der Waals surface area contributed by atoms with Crippen molar-refractivity contribution in [2.24, 2.45) is 0 Å². The molecule has 0 saturated heterocycles. The Balaban J connectivity index is 1.54. The highest BCUT2D eigenvalue weighted by atomic mass is 35.5. The summed E-state index contributed by atoms with van der Waals surface area (Å²) in [6.07, 6.45) is 8.61. The number of carbonyl (C=O) groups is 1. The highest BCUT2D eigenvalue weighted by molar-refractivity contribution is 6.31. The molecule has 1 atom stereocenters. The van der Waals surface area contributed by atoms with Crippen molar-refractivity contribution < 1.29 is 23.8 Å². The Bertz CT molecular complexity index is 1530. The normalized spacial score (nSPS) is 11.9. The van der Waals surface area contributed by atoms with Crippen LogP contribution >= 0.6 is 11.6 Å². The van der Waals surface area contributed by atoms with Gasteiger partial charge in [0.15, 0.2) is 0 Å². The third-order valence-electron chi connectivity index (χ3n) is 5.61. The zero-order valence-electron chi connectivity index (χ0n) is 19.9. The number of aromatic carboxylic acids is 1. The molecule has 0 spiro atoms. The van der Waals surface area contributed by atoms with Crippen LogP contribution in [-0.4, -0.2) is 29.3 Å². The summed E-state index contributed by atoms with van der Waals surface area (Å²) in [6, 6.07) is 19.1. The highest BCUT2D eigenvalue weighted by Crippen LogP contribution is 2.26. The molecule has 1 N–H and O–H groups in total. The maximum absolute atomic E-state index is 13.7. The largest absolute Gasteiger partial charge is 0.490 e. The van der Waals surface area contributed by atoms with Crippen molar-refractivity contribution in [1.82, 2.24) is 4.98 Å². The monoisotopic (exact) mass is 515 g/mol. The number of hydrogen-bond acceptors (Lipinski definition) is 4. The van der Waals surface area contributed by atoms with Crippen LogP contribution in [0.15, 0.2) is 66.7 Å². The summed E-state index contributed by atoms with van der Waals surface area (Å²) >= 11 is 5.90. The van der Waals surface area contributed by atoms with E-state index < -0.39 is 17.9 Å².